The van der Waals surface area contributed by atoms with Crippen molar-refractivity contribution in [3.8, 4) is 0 Å². The highest BCUT2D eigenvalue weighted by Crippen LogP contribution is 2.43. The zero-order chi connectivity index (χ0) is 19.5. The Kier molecular flexibility index (Phi) is 3.63. The number of hydrogen-bond donors (Lipinski definition) is 2. The molecule has 0 spiro atoms. The molecule has 0 saturated carbocycles. The third kappa shape index (κ3) is 2.43. The average Bonchev–Trinajstić information content (AvgIpc) is 3.02. The van der Waals surface area contributed by atoms with Crippen molar-refractivity contribution in [2.24, 2.45) is 14.1 Å². The standard InChI is InChI=1S/C16H13N5O5S/c1-19-13-10(14(22)20(2)16(19)24)9(11-12(17-13)18-15(23)27-11)7-4-3-5-8(6-7)21(25)26/h3-6,9,17H,1-2H3,(H,18,23). The highest BCUT2D eigenvalue weighted by molar-refractivity contribution is 7.10. The molecule has 2 aromatic heterocycles. The summed E-state index contributed by atoms with van der Waals surface area (Å²) in [6.45, 7) is 0. The largest absolute Gasteiger partial charge is 0.332 e. The average molecular weight is 387 g/mol. The van der Waals surface area contributed by atoms with Gasteiger partial charge in [-0.25, -0.2) is 4.79 Å². The molecule has 0 bridgehead atoms. The van der Waals surface area contributed by atoms with Gasteiger partial charge in [0.1, 0.15) is 11.6 Å². The van der Waals surface area contributed by atoms with Crippen LogP contribution in [0.15, 0.2) is 38.6 Å². The van der Waals surface area contributed by atoms with Crippen molar-refractivity contribution in [2.75, 3.05) is 5.32 Å². The number of nitro groups is 1. The fourth-order valence-electron chi connectivity index (χ4n) is 3.30. The number of H-pyrrole nitrogens is 1. The quantitative estimate of drug-likeness (QED) is 0.389. The molecular weight excluding hydrogens is 374 g/mol. The number of non-ortho nitro benzene ring substituents is 1. The van der Waals surface area contributed by atoms with E-state index in [9.17, 15) is 24.5 Å². The second-order valence-corrected chi connectivity index (χ2v) is 7.15. The summed E-state index contributed by atoms with van der Waals surface area (Å²) in [5.74, 6) is -0.0935. The second kappa shape index (κ2) is 5.77. The van der Waals surface area contributed by atoms with Crippen LogP contribution in [-0.4, -0.2) is 19.0 Å². The zero-order valence-corrected chi connectivity index (χ0v) is 15.0. The molecule has 1 aliphatic heterocycles. The fourth-order valence-corrected chi connectivity index (χ4v) is 4.23. The van der Waals surface area contributed by atoms with E-state index in [-0.39, 0.29) is 21.9 Å². The van der Waals surface area contributed by atoms with Crippen LogP contribution < -0.4 is 21.4 Å². The van der Waals surface area contributed by atoms with Gasteiger partial charge in [-0.05, 0) is 5.56 Å². The molecule has 3 aromatic rings. The second-order valence-electron chi connectivity index (χ2n) is 6.13. The number of hydrogen-bond acceptors (Lipinski definition) is 7. The minimum absolute atomic E-state index is 0.126. The number of thiazole rings is 1. The SMILES string of the molecule is Cn1c2c(c(=O)n(C)c1=O)C(c1cccc([N+](=O)[O-])c1)c1sc(=O)[nH]c1N2. The Labute approximate surface area is 154 Å². The normalized spacial score (nSPS) is 15.0. The predicted molar refractivity (Wildman–Crippen MR) is 99.2 cm³/mol. The summed E-state index contributed by atoms with van der Waals surface area (Å²) in [5, 5.41) is 14.1. The lowest BCUT2D eigenvalue weighted by Crippen LogP contribution is -2.42. The maximum Gasteiger partial charge on any atom is 0.332 e. The van der Waals surface area contributed by atoms with Crippen molar-refractivity contribution in [3.63, 3.8) is 0 Å². The number of nitro benzene ring substituents is 1. The first kappa shape index (κ1) is 17.0. The summed E-state index contributed by atoms with van der Waals surface area (Å²) >= 11 is 0.917. The Morgan fingerprint density at radius 3 is 2.63 bits per heavy atom. The molecule has 4 rings (SSSR count). The molecule has 1 atom stereocenters. The van der Waals surface area contributed by atoms with E-state index in [1.165, 1.54) is 36.9 Å². The number of anilines is 2. The molecule has 138 valence electrons. The van der Waals surface area contributed by atoms with Gasteiger partial charge in [0.05, 0.1) is 21.3 Å². The highest BCUT2D eigenvalue weighted by Gasteiger charge is 2.35. The van der Waals surface area contributed by atoms with Crippen LogP contribution in [0.25, 0.3) is 0 Å². The molecule has 3 heterocycles. The van der Waals surface area contributed by atoms with Crippen molar-refractivity contribution >= 4 is 28.7 Å². The summed E-state index contributed by atoms with van der Waals surface area (Å²) in [6, 6.07) is 5.91. The van der Waals surface area contributed by atoms with Gasteiger partial charge in [0.2, 0.25) is 0 Å². The first-order valence-electron chi connectivity index (χ1n) is 7.84. The van der Waals surface area contributed by atoms with Gasteiger partial charge in [-0.1, -0.05) is 23.5 Å². The molecule has 1 aromatic carbocycles. The van der Waals surface area contributed by atoms with Crippen molar-refractivity contribution < 1.29 is 4.92 Å². The summed E-state index contributed by atoms with van der Waals surface area (Å²) in [4.78, 5) is 50.6. The van der Waals surface area contributed by atoms with E-state index in [4.69, 9.17) is 0 Å². The van der Waals surface area contributed by atoms with E-state index in [0.29, 0.717) is 16.3 Å². The number of benzene rings is 1. The number of aromatic amines is 1. The molecule has 27 heavy (non-hydrogen) atoms. The molecule has 0 amide bonds. The van der Waals surface area contributed by atoms with E-state index >= 15 is 0 Å². The smallest absolute Gasteiger partial charge is 0.326 e. The first-order valence-corrected chi connectivity index (χ1v) is 8.65. The Morgan fingerprint density at radius 1 is 1.19 bits per heavy atom. The maximum absolute atomic E-state index is 12.9. The van der Waals surface area contributed by atoms with E-state index in [1.54, 1.807) is 6.07 Å². The van der Waals surface area contributed by atoms with E-state index in [2.05, 4.69) is 10.3 Å². The van der Waals surface area contributed by atoms with Crippen molar-refractivity contribution in [2.45, 2.75) is 5.92 Å². The van der Waals surface area contributed by atoms with Gasteiger partial charge in [-0.2, -0.15) is 0 Å². The van der Waals surface area contributed by atoms with E-state index in [1.807, 2.05) is 0 Å². The molecule has 2 N–H and O–H groups in total. The molecule has 11 heteroatoms. The minimum Gasteiger partial charge on any atom is -0.326 e. The number of nitrogens with one attached hydrogen (secondary N) is 2. The molecule has 0 saturated heterocycles. The van der Waals surface area contributed by atoms with Crippen LogP contribution in [-0.2, 0) is 14.1 Å². The Bertz CT molecular complexity index is 1280. The predicted octanol–water partition coefficient (Wildman–Crippen LogP) is 0.979. The number of aromatic nitrogens is 3. The van der Waals surface area contributed by atoms with Crippen molar-refractivity contribution in [1.82, 2.24) is 14.1 Å². The molecule has 1 unspecified atom stereocenters. The summed E-state index contributed by atoms with van der Waals surface area (Å²) in [6.07, 6.45) is 0. The maximum atomic E-state index is 12.9. The van der Waals surface area contributed by atoms with Gasteiger partial charge in [0.25, 0.3) is 11.2 Å². The van der Waals surface area contributed by atoms with E-state index in [0.717, 1.165) is 15.9 Å². The third-order valence-electron chi connectivity index (χ3n) is 4.58. The van der Waals surface area contributed by atoms with Gasteiger partial charge in [0.15, 0.2) is 0 Å². The molecule has 0 fully saturated rings. The molecule has 10 nitrogen and oxygen atoms in total. The van der Waals surface area contributed by atoms with Crippen molar-refractivity contribution in [3.05, 3.63) is 80.9 Å². The van der Waals surface area contributed by atoms with Gasteiger partial charge >= 0.3 is 10.6 Å². The number of rotatable bonds is 2. The van der Waals surface area contributed by atoms with Gasteiger partial charge in [-0.3, -0.25) is 33.8 Å². The van der Waals surface area contributed by atoms with Crippen LogP contribution in [0, 0.1) is 10.1 Å². The lowest BCUT2D eigenvalue weighted by Gasteiger charge is -2.27. The summed E-state index contributed by atoms with van der Waals surface area (Å²) < 4.78 is 2.26. The first-order chi connectivity index (χ1) is 12.8. The highest BCUT2D eigenvalue weighted by atomic mass is 32.1. The molecule has 0 aliphatic carbocycles. The van der Waals surface area contributed by atoms with Crippen LogP contribution in [0.5, 0.6) is 0 Å². The van der Waals surface area contributed by atoms with Crippen LogP contribution in [0.3, 0.4) is 0 Å². The third-order valence-corrected chi connectivity index (χ3v) is 5.53. The van der Waals surface area contributed by atoms with Crippen LogP contribution >= 0.6 is 11.3 Å². The molecule has 1 aliphatic rings. The van der Waals surface area contributed by atoms with Crippen molar-refractivity contribution in [1.29, 1.82) is 0 Å². The Morgan fingerprint density at radius 2 is 1.93 bits per heavy atom. The molecule has 0 radical (unpaired) electrons. The number of fused-ring (bicyclic) bond motifs is 2. The van der Waals surface area contributed by atoms with E-state index < -0.39 is 22.1 Å². The molecular formula is C16H13N5O5S. The monoisotopic (exact) mass is 387 g/mol. The Hall–Kier alpha value is -3.47. The van der Waals surface area contributed by atoms with Gasteiger partial charge in [-0.15, -0.1) is 0 Å². The minimum atomic E-state index is -0.717. The summed E-state index contributed by atoms with van der Waals surface area (Å²) in [5.41, 5.74) is -0.436. The van der Waals surface area contributed by atoms with Gasteiger partial charge < -0.3 is 5.32 Å². The fraction of sp³-hybridized carbons (Fsp3) is 0.188. The number of nitrogens with zero attached hydrogens (tertiary/aromatic N) is 3. The lowest BCUT2D eigenvalue weighted by atomic mass is 9.88. The van der Waals surface area contributed by atoms with Crippen LogP contribution in [0.1, 0.15) is 21.9 Å². The van der Waals surface area contributed by atoms with Crippen LogP contribution in [0.4, 0.5) is 17.3 Å². The van der Waals surface area contributed by atoms with Gasteiger partial charge in [0, 0.05) is 26.2 Å². The van der Waals surface area contributed by atoms with Crippen LogP contribution in [0.2, 0.25) is 0 Å². The zero-order valence-electron chi connectivity index (χ0n) is 14.2. The topological polar surface area (TPSA) is 132 Å². The summed E-state index contributed by atoms with van der Waals surface area (Å²) in [7, 11) is 2.87. The Balaban J connectivity index is 2.10. The lowest BCUT2D eigenvalue weighted by molar-refractivity contribution is -0.384.